The second-order valence-corrected chi connectivity index (χ2v) is 11.1. The first-order valence-electron chi connectivity index (χ1n) is 8.46. The van der Waals surface area contributed by atoms with Gasteiger partial charge in [-0.3, -0.25) is 4.79 Å². The summed E-state index contributed by atoms with van der Waals surface area (Å²) < 4.78 is 51.4. The van der Waals surface area contributed by atoms with E-state index in [-0.39, 0.29) is 26.7 Å². The fourth-order valence-electron chi connectivity index (χ4n) is 2.89. The van der Waals surface area contributed by atoms with Gasteiger partial charge in [0.2, 0.25) is 15.9 Å². The van der Waals surface area contributed by atoms with Crippen molar-refractivity contribution >= 4 is 47.4 Å². The minimum atomic E-state index is -3.93. The Labute approximate surface area is 172 Å². The lowest BCUT2D eigenvalue weighted by atomic mass is 10.2. The van der Waals surface area contributed by atoms with E-state index in [1.54, 1.807) is 29.2 Å². The molecule has 0 aromatic heterocycles. The number of carbonyl (C=O) groups excluding carboxylic acids is 1. The lowest BCUT2D eigenvalue weighted by Gasteiger charge is -2.16. The minimum absolute atomic E-state index is 0.0338. The zero-order chi connectivity index (χ0) is 20.5. The van der Waals surface area contributed by atoms with E-state index in [0.717, 1.165) is 30.0 Å². The second kappa shape index (κ2) is 7.94. The molecule has 3 rings (SSSR count). The van der Waals surface area contributed by atoms with Gasteiger partial charge >= 0.3 is 0 Å². The van der Waals surface area contributed by atoms with Gasteiger partial charge in [0.15, 0.2) is 9.84 Å². The molecule has 0 unspecified atom stereocenters. The smallest absolute Gasteiger partial charge is 0.242 e. The van der Waals surface area contributed by atoms with Gasteiger partial charge in [-0.2, -0.15) is 0 Å². The number of halogens is 1. The van der Waals surface area contributed by atoms with Crippen molar-refractivity contribution in [2.45, 2.75) is 29.2 Å². The van der Waals surface area contributed by atoms with Crippen LogP contribution >= 0.6 is 15.9 Å². The van der Waals surface area contributed by atoms with Crippen LogP contribution in [0.2, 0.25) is 0 Å². The first-order chi connectivity index (χ1) is 13.1. The first kappa shape index (κ1) is 21.0. The summed E-state index contributed by atoms with van der Waals surface area (Å²) in [4.78, 5) is 13.3. The summed E-state index contributed by atoms with van der Waals surface area (Å²) >= 11 is 3.16. The molecule has 0 radical (unpaired) electrons. The van der Waals surface area contributed by atoms with E-state index < -0.39 is 19.9 Å². The van der Waals surface area contributed by atoms with Gasteiger partial charge in [0.1, 0.15) is 0 Å². The van der Waals surface area contributed by atoms with Crippen molar-refractivity contribution in [3.05, 3.63) is 52.5 Å². The predicted molar refractivity (Wildman–Crippen MR) is 109 cm³/mol. The predicted octanol–water partition coefficient (Wildman–Crippen LogP) is 2.46. The molecule has 7 nitrogen and oxygen atoms in total. The molecule has 1 aliphatic rings. The number of nitrogens with zero attached hydrogens (tertiary/aromatic N) is 1. The highest BCUT2D eigenvalue weighted by atomic mass is 79.9. The van der Waals surface area contributed by atoms with Crippen molar-refractivity contribution in [3.8, 4) is 0 Å². The van der Waals surface area contributed by atoms with Gasteiger partial charge in [-0.1, -0.05) is 12.1 Å². The summed E-state index contributed by atoms with van der Waals surface area (Å²) in [5.74, 6) is 0.0871. The van der Waals surface area contributed by atoms with Crippen LogP contribution in [-0.2, 0) is 31.2 Å². The summed E-state index contributed by atoms with van der Waals surface area (Å²) in [6.07, 6.45) is 2.40. The van der Waals surface area contributed by atoms with Crippen molar-refractivity contribution in [2.75, 3.05) is 17.7 Å². The second-order valence-electron chi connectivity index (χ2n) is 6.50. The molecule has 1 saturated heterocycles. The van der Waals surface area contributed by atoms with Crippen LogP contribution in [0.4, 0.5) is 5.69 Å². The van der Waals surface area contributed by atoms with Crippen molar-refractivity contribution in [2.24, 2.45) is 0 Å². The van der Waals surface area contributed by atoms with E-state index in [2.05, 4.69) is 20.7 Å². The fourth-order valence-corrected chi connectivity index (χ4v) is 5.62. The Balaban J connectivity index is 1.76. The third kappa shape index (κ3) is 4.62. The first-order valence-corrected chi connectivity index (χ1v) is 12.6. The van der Waals surface area contributed by atoms with E-state index in [1.807, 2.05) is 0 Å². The van der Waals surface area contributed by atoms with Gasteiger partial charge in [0.05, 0.1) is 9.79 Å². The number of hydrogen-bond donors (Lipinski definition) is 1. The topological polar surface area (TPSA) is 101 Å². The lowest BCUT2D eigenvalue weighted by Crippen LogP contribution is -2.25. The van der Waals surface area contributed by atoms with Crippen molar-refractivity contribution in [1.29, 1.82) is 0 Å². The lowest BCUT2D eigenvalue weighted by molar-refractivity contribution is -0.117. The van der Waals surface area contributed by atoms with Crippen LogP contribution in [0.25, 0.3) is 0 Å². The summed E-state index contributed by atoms with van der Waals surface area (Å²) in [5.41, 5.74) is 1.51. The number of sulfonamides is 1. The van der Waals surface area contributed by atoms with Crippen LogP contribution in [0.5, 0.6) is 0 Å². The molecule has 0 bridgehead atoms. The van der Waals surface area contributed by atoms with Crippen molar-refractivity contribution < 1.29 is 21.6 Å². The Kier molecular flexibility index (Phi) is 5.95. The molecule has 0 aliphatic carbocycles. The third-order valence-electron chi connectivity index (χ3n) is 4.41. The molecule has 28 heavy (non-hydrogen) atoms. The highest BCUT2D eigenvalue weighted by Gasteiger charge is 2.22. The van der Waals surface area contributed by atoms with Gasteiger partial charge in [-0.15, -0.1) is 0 Å². The molecule has 2 aromatic rings. The maximum absolute atomic E-state index is 12.6. The number of rotatable bonds is 6. The zero-order valence-electron chi connectivity index (χ0n) is 15.1. The molecule has 150 valence electrons. The van der Waals surface area contributed by atoms with Gasteiger partial charge in [0.25, 0.3) is 0 Å². The standard InChI is InChI=1S/C18H19BrN2O5S2/c1-27(23,24)15-8-9-16(19)17(11-15)28(25,26)20-12-13-4-6-14(7-5-13)21-10-2-3-18(21)22/h4-9,11,20H,2-3,10,12H2,1H3. The molecule has 1 amide bonds. The molecule has 1 heterocycles. The maximum Gasteiger partial charge on any atom is 0.242 e. The highest BCUT2D eigenvalue weighted by Crippen LogP contribution is 2.26. The van der Waals surface area contributed by atoms with E-state index >= 15 is 0 Å². The molecular weight excluding hydrogens is 468 g/mol. The SMILES string of the molecule is CS(=O)(=O)c1ccc(Br)c(S(=O)(=O)NCc2ccc(N3CCCC3=O)cc2)c1. The van der Waals surface area contributed by atoms with E-state index in [0.29, 0.717) is 13.0 Å². The Morgan fingerprint density at radius 2 is 1.75 bits per heavy atom. The van der Waals surface area contributed by atoms with Gasteiger partial charge in [-0.05, 0) is 58.2 Å². The molecule has 0 atom stereocenters. The average Bonchev–Trinajstić information content (AvgIpc) is 3.06. The van der Waals surface area contributed by atoms with Crippen LogP contribution in [0.3, 0.4) is 0 Å². The number of nitrogens with one attached hydrogen (secondary N) is 1. The molecule has 2 aromatic carbocycles. The van der Waals surface area contributed by atoms with Crippen LogP contribution < -0.4 is 9.62 Å². The van der Waals surface area contributed by atoms with Gasteiger partial charge in [-0.25, -0.2) is 21.6 Å². The summed E-state index contributed by atoms with van der Waals surface area (Å²) in [7, 11) is -7.46. The molecular formula is C18H19BrN2O5S2. The zero-order valence-corrected chi connectivity index (χ0v) is 18.3. The van der Waals surface area contributed by atoms with Crippen LogP contribution in [0, 0.1) is 0 Å². The Bertz CT molecular complexity index is 1110. The highest BCUT2D eigenvalue weighted by molar-refractivity contribution is 9.10. The number of anilines is 1. The number of amides is 1. The van der Waals surface area contributed by atoms with Gasteiger partial charge in [0, 0.05) is 35.9 Å². The largest absolute Gasteiger partial charge is 0.312 e. The monoisotopic (exact) mass is 486 g/mol. The number of sulfone groups is 1. The van der Waals surface area contributed by atoms with E-state index in [4.69, 9.17) is 0 Å². The van der Waals surface area contributed by atoms with Crippen LogP contribution in [-0.4, -0.2) is 35.5 Å². The van der Waals surface area contributed by atoms with Crippen LogP contribution in [0.1, 0.15) is 18.4 Å². The summed E-state index contributed by atoms with van der Waals surface area (Å²) in [6, 6.07) is 10.9. The molecule has 0 spiro atoms. The van der Waals surface area contributed by atoms with E-state index in [1.165, 1.54) is 12.1 Å². The van der Waals surface area contributed by atoms with E-state index in [9.17, 15) is 21.6 Å². The average molecular weight is 487 g/mol. The summed E-state index contributed by atoms with van der Waals surface area (Å²) in [5, 5.41) is 0. The Hall–Kier alpha value is -1.75. The van der Waals surface area contributed by atoms with Crippen molar-refractivity contribution in [1.82, 2.24) is 4.72 Å². The molecule has 1 fully saturated rings. The third-order valence-corrected chi connectivity index (χ3v) is 7.91. The molecule has 10 heteroatoms. The Morgan fingerprint density at radius 3 is 2.32 bits per heavy atom. The fraction of sp³-hybridized carbons (Fsp3) is 0.278. The number of hydrogen-bond acceptors (Lipinski definition) is 5. The number of benzene rings is 2. The number of carbonyl (C=O) groups is 1. The minimum Gasteiger partial charge on any atom is -0.312 e. The molecule has 1 N–H and O–H groups in total. The Morgan fingerprint density at radius 1 is 1.07 bits per heavy atom. The molecule has 0 saturated carbocycles. The quantitative estimate of drug-likeness (QED) is 0.675. The molecule has 1 aliphatic heterocycles. The maximum atomic E-state index is 12.6. The normalized spacial score (nSPS) is 15.2. The van der Waals surface area contributed by atoms with Crippen LogP contribution in [0.15, 0.2) is 56.7 Å². The van der Waals surface area contributed by atoms with Crippen molar-refractivity contribution in [3.63, 3.8) is 0 Å². The summed E-state index contributed by atoms with van der Waals surface area (Å²) in [6.45, 7) is 0.724. The van der Waals surface area contributed by atoms with Gasteiger partial charge < -0.3 is 4.90 Å².